The second-order valence-corrected chi connectivity index (χ2v) is 4.83. The highest BCUT2D eigenvalue weighted by Crippen LogP contribution is 2.27. The molecule has 4 heteroatoms. The summed E-state index contributed by atoms with van der Waals surface area (Å²) in [4.78, 5) is 0. The predicted octanol–water partition coefficient (Wildman–Crippen LogP) is 2.49. The van der Waals surface area contributed by atoms with Crippen LogP contribution in [-0.4, -0.2) is 20.3 Å². The van der Waals surface area contributed by atoms with Crippen molar-refractivity contribution in [3.8, 4) is 17.6 Å². The van der Waals surface area contributed by atoms with E-state index in [1.807, 2.05) is 18.2 Å². The molecule has 1 N–H and O–H groups in total. The van der Waals surface area contributed by atoms with Crippen LogP contribution < -0.4 is 14.8 Å². The normalized spacial score (nSPS) is 21.9. The summed E-state index contributed by atoms with van der Waals surface area (Å²) in [6.45, 7) is 0.718. The fourth-order valence-corrected chi connectivity index (χ4v) is 2.60. The van der Waals surface area contributed by atoms with Gasteiger partial charge in [0.05, 0.1) is 26.2 Å². The van der Waals surface area contributed by atoms with E-state index in [-0.39, 0.29) is 5.92 Å². The van der Waals surface area contributed by atoms with Crippen molar-refractivity contribution in [3.05, 3.63) is 23.8 Å². The molecule has 1 aromatic rings. The molecule has 2 rings (SSSR count). The van der Waals surface area contributed by atoms with Crippen molar-refractivity contribution in [1.82, 2.24) is 5.32 Å². The largest absolute Gasteiger partial charge is 0.497 e. The molecular weight excluding hydrogens is 240 g/mol. The Balaban J connectivity index is 2.01. The fourth-order valence-electron chi connectivity index (χ4n) is 2.60. The van der Waals surface area contributed by atoms with Crippen molar-refractivity contribution in [2.24, 2.45) is 5.92 Å². The summed E-state index contributed by atoms with van der Waals surface area (Å²) in [6, 6.07) is 8.50. The van der Waals surface area contributed by atoms with Crippen LogP contribution in [0.25, 0.3) is 0 Å². The molecule has 2 atom stereocenters. The van der Waals surface area contributed by atoms with Gasteiger partial charge in [0, 0.05) is 24.2 Å². The Bertz CT molecular complexity index is 468. The van der Waals surface area contributed by atoms with E-state index >= 15 is 0 Å². The van der Waals surface area contributed by atoms with Crippen LogP contribution in [0.2, 0.25) is 0 Å². The van der Waals surface area contributed by atoms with Gasteiger partial charge in [-0.2, -0.15) is 5.26 Å². The maximum Gasteiger partial charge on any atom is 0.127 e. The maximum atomic E-state index is 9.07. The van der Waals surface area contributed by atoms with E-state index in [1.165, 1.54) is 0 Å². The Hall–Kier alpha value is -1.73. The van der Waals surface area contributed by atoms with Crippen LogP contribution in [0.1, 0.15) is 24.8 Å². The molecule has 4 nitrogen and oxygen atoms in total. The summed E-state index contributed by atoms with van der Waals surface area (Å²) in [7, 11) is 3.30. The third kappa shape index (κ3) is 3.18. The molecule has 0 amide bonds. The molecule has 1 aliphatic carbocycles. The number of methoxy groups -OCH3 is 2. The Kier molecular flexibility index (Phi) is 4.64. The Morgan fingerprint density at radius 3 is 2.84 bits per heavy atom. The van der Waals surface area contributed by atoms with Crippen LogP contribution in [0.3, 0.4) is 0 Å². The Morgan fingerprint density at radius 1 is 1.32 bits per heavy atom. The molecule has 0 aliphatic heterocycles. The van der Waals surface area contributed by atoms with Gasteiger partial charge in [-0.3, -0.25) is 0 Å². The molecule has 0 saturated heterocycles. The first kappa shape index (κ1) is 13.7. The second kappa shape index (κ2) is 6.44. The minimum atomic E-state index is 0.143. The van der Waals surface area contributed by atoms with E-state index in [0.717, 1.165) is 42.9 Å². The van der Waals surface area contributed by atoms with Crippen molar-refractivity contribution < 1.29 is 9.47 Å². The summed E-state index contributed by atoms with van der Waals surface area (Å²) < 4.78 is 10.6. The zero-order valence-corrected chi connectivity index (χ0v) is 11.5. The van der Waals surface area contributed by atoms with E-state index in [1.54, 1.807) is 14.2 Å². The van der Waals surface area contributed by atoms with Crippen molar-refractivity contribution in [3.63, 3.8) is 0 Å². The van der Waals surface area contributed by atoms with Gasteiger partial charge < -0.3 is 14.8 Å². The van der Waals surface area contributed by atoms with Crippen molar-refractivity contribution >= 4 is 0 Å². The molecule has 0 bridgehead atoms. The number of benzene rings is 1. The lowest BCUT2D eigenvalue weighted by molar-refractivity contribution is 0.386. The molecule has 1 saturated carbocycles. The lowest BCUT2D eigenvalue weighted by Gasteiger charge is -2.17. The molecule has 19 heavy (non-hydrogen) atoms. The number of hydrogen-bond acceptors (Lipinski definition) is 4. The van der Waals surface area contributed by atoms with Gasteiger partial charge in [-0.1, -0.05) is 12.5 Å². The fraction of sp³-hybridized carbons (Fsp3) is 0.533. The van der Waals surface area contributed by atoms with E-state index < -0.39 is 0 Å². The van der Waals surface area contributed by atoms with Gasteiger partial charge in [-0.05, 0) is 18.9 Å². The van der Waals surface area contributed by atoms with Crippen molar-refractivity contribution in [2.75, 3.05) is 14.2 Å². The number of ether oxygens (including phenoxy) is 2. The van der Waals surface area contributed by atoms with Crippen molar-refractivity contribution in [1.29, 1.82) is 5.26 Å². The number of nitrogens with one attached hydrogen (secondary N) is 1. The summed E-state index contributed by atoms with van der Waals surface area (Å²) in [5.74, 6) is 1.75. The van der Waals surface area contributed by atoms with Gasteiger partial charge in [0.2, 0.25) is 0 Å². The van der Waals surface area contributed by atoms with Crippen LogP contribution >= 0.6 is 0 Å². The van der Waals surface area contributed by atoms with Gasteiger partial charge >= 0.3 is 0 Å². The lowest BCUT2D eigenvalue weighted by Crippen LogP contribution is -2.31. The van der Waals surface area contributed by atoms with E-state index in [0.29, 0.717) is 6.04 Å². The molecule has 1 aromatic carbocycles. The first-order valence-corrected chi connectivity index (χ1v) is 6.62. The molecular formula is C15H20N2O2. The monoisotopic (exact) mass is 260 g/mol. The predicted molar refractivity (Wildman–Crippen MR) is 73.1 cm³/mol. The molecule has 102 valence electrons. The van der Waals surface area contributed by atoms with E-state index in [2.05, 4.69) is 11.4 Å². The average Bonchev–Trinajstić information content (AvgIpc) is 2.92. The smallest absolute Gasteiger partial charge is 0.127 e. The van der Waals surface area contributed by atoms with Crippen LogP contribution in [0.5, 0.6) is 11.5 Å². The van der Waals surface area contributed by atoms with Crippen molar-refractivity contribution in [2.45, 2.75) is 31.8 Å². The standard InChI is InChI=1S/C15H20N2O2/c1-18-13-7-6-12(15(8-13)19-2)10-17-14-5-3-4-11(14)9-16/h6-8,11,14,17H,3-5,10H2,1-2H3. The first-order valence-electron chi connectivity index (χ1n) is 6.62. The Morgan fingerprint density at radius 2 is 2.16 bits per heavy atom. The molecule has 2 unspecified atom stereocenters. The molecule has 1 aliphatic rings. The summed E-state index contributed by atoms with van der Waals surface area (Å²) in [6.07, 6.45) is 3.22. The number of rotatable bonds is 5. The number of nitrogens with zero attached hydrogens (tertiary/aromatic N) is 1. The van der Waals surface area contributed by atoms with Gasteiger partial charge in [-0.25, -0.2) is 0 Å². The van der Waals surface area contributed by atoms with Crippen LogP contribution in [-0.2, 0) is 6.54 Å². The third-order valence-corrected chi connectivity index (χ3v) is 3.73. The minimum absolute atomic E-state index is 0.143. The van der Waals surface area contributed by atoms with Gasteiger partial charge in [0.15, 0.2) is 0 Å². The van der Waals surface area contributed by atoms with Gasteiger partial charge in [0.25, 0.3) is 0 Å². The summed E-state index contributed by atoms with van der Waals surface area (Å²) in [5.41, 5.74) is 1.09. The maximum absolute atomic E-state index is 9.07. The molecule has 0 radical (unpaired) electrons. The highest BCUT2D eigenvalue weighted by atomic mass is 16.5. The Labute approximate surface area is 114 Å². The van der Waals surface area contributed by atoms with Crippen LogP contribution in [0.15, 0.2) is 18.2 Å². The van der Waals surface area contributed by atoms with E-state index in [4.69, 9.17) is 14.7 Å². The first-order chi connectivity index (χ1) is 9.28. The van der Waals surface area contributed by atoms with Gasteiger partial charge in [-0.15, -0.1) is 0 Å². The minimum Gasteiger partial charge on any atom is -0.497 e. The van der Waals surface area contributed by atoms with Crippen LogP contribution in [0.4, 0.5) is 0 Å². The summed E-state index contributed by atoms with van der Waals surface area (Å²) in [5, 5.41) is 12.5. The summed E-state index contributed by atoms with van der Waals surface area (Å²) >= 11 is 0. The zero-order chi connectivity index (χ0) is 13.7. The lowest BCUT2D eigenvalue weighted by atomic mass is 10.1. The van der Waals surface area contributed by atoms with Crippen LogP contribution in [0, 0.1) is 17.2 Å². The highest BCUT2D eigenvalue weighted by Gasteiger charge is 2.26. The number of nitriles is 1. The second-order valence-electron chi connectivity index (χ2n) is 4.83. The van der Waals surface area contributed by atoms with Gasteiger partial charge in [0.1, 0.15) is 11.5 Å². The number of hydrogen-bond donors (Lipinski definition) is 1. The topological polar surface area (TPSA) is 54.3 Å². The van der Waals surface area contributed by atoms with E-state index in [9.17, 15) is 0 Å². The quantitative estimate of drug-likeness (QED) is 0.883. The SMILES string of the molecule is COc1ccc(CNC2CCCC2C#N)c(OC)c1. The highest BCUT2D eigenvalue weighted by molar-refractivity contribution is 5.40. The third-order valence-electron chi connectivity index (χ3n) is 3.73. The molecule has 1 fully saturated rings. The molecule has 0 spiro atoms. The average molecular weight is 260 g/mol. The molecule has 0 aromatic heterocycles. The zero-order valence-electron chi connectivity index (χ0n) is 11.5. The molecule has 0 heterocycles.